The van der Waals surface area contributed by atoms with Gasteiger partial charge in [-0.25, -0.2) is 0 Å². The summed E-state index contributed by atoms with van der Waals surface area (Å²) in [6, 6.07) is 15.2. The van der Waals surface area contributed by atoms with Crippen molar-refractivity contribution in [2.45, 2.75) is 5.92 Å². The number of benzene rings is 2. The lowest BCUT2D eigenvalue weighted by Gasteiger charge is -2.17. The van der Waals surface area contributed by atoms with Gasteiger partial charge in [-0.2, -0.15) is 0 Å². The molecule has 2 aromatic rings. The number of carbonyl (C=O) groups is 1. The summed E-state index contributed by atoms with van der Waals surface area (Å²) in [6.45, 7) is 1.86. The quantitative estimate of drug-likeness (QED) is 0.916. The molecule has 0 radical (unpaired) electrons. The Hall–Kier alpha value is -1.55. The molecule has 2 aromatic carbocycles. The summed E-state index contributed by atoms with van der Waals surface area (Å²) < 4.78 is 0. The van der Waals surface area contributed by atoms with Crippen LogP contribution in [0.2, 0.25) is 10.0 Å². The topological polar surface area (TPSA) is 46.3 Å². The second-order valence-electron chi connectivity index (χ2n) is 5.85. The molecule has 3 rings (SSSR count). The van der Waals surface area contributed by atoms with Crippen molar-refractivity contribution in [2.24, 2.45) is 11.7 Å². The maximum Gasteiger partial charge on any atom is 0.255 e. The molecule has 0 aromatic heterocycles. The van der Waals surface area contributed by atoms with E-state index < -0.39 is 0 Å². The van der Waals surface area contributed by atoms with E-state index in [-0.39, 0.29) is 17.7 Å². The minimum atomic E-state index is -0.0662. The highest BCUT2D eigenvalue weighted by Crippen LogP contribution is 2.33. The van der Waals surface area contributed by atoms with E-state index in [1.165, 1.54) is 5.56 Å². The third-order valence-electron chi connectivity index (χ3n) is 4.42. The smallest absolute Gasteiger partial charge is 0.255 e. The van der Waals surface area contributed by atoms with Crippen LogP contribution in [0.3, 0.4) is 0 Å². The van der Waals surface area contributed by atoms with Crippen molar-refractivity contribution in [3.63, 3.8) is 0 Å². The molecule has 0 aliphatic carbocycles. The average Bonchev–Trinajstić information content (AvgIpc) is 2.99. The molecule has 0 spiro atoms. The van der Waals surface area contributed by atoms with Gasteiger partial charge >= 0.3 is 0 Å². The van der Waals surface area contributed by atoms with Crippen LogP contribution in [0, 0.1) is 5.92 Å². The average molecular weight is 349 g/mol. The van der Waals surface area contributed by atoms with Crippen LogP contribution in [0.1, 0.15) is 21.8 Å². The molecule has 0 saturated carbocycles. The zero-order chi connectivity index (χ0) is 16.4. The van der Waals surface area contributed by atoms with Crippen LogP contribution in [0.4, 0.5) is 0 Å². The molecular formula is C18H18Cl2N2O. The first-order valence-electron chi connectivity index (χ1n) is 7.59. The number of halogens is 2. The summed E-state index contributed by atoms with van der Waals surface area (Å²) in [5.74, 6) is 0.451. The van der Waals surface area contributed by atoms with Gasteiger partial charge in [-0.15, -0.1) is 0 Å². The molecule has 3 nitrogen and oxygen atoms in total. The summed E-state index contributed by atoms with van der Waals surface area (Å²) in [7, 11) is 0. The van der Waals surface area contributed by atoms with Crippen LogP contribution in [0.15, 0.2) is 48.5 Å². The Morgan fingerprint density at radius 3 is 2.52 bits per heavy atom. The molecule has 1 heterocycles. The van der Waals surface area contributed by atoms with Crippen molar-refractivity contribution in [3.05, 3.63) is 69.7 Å². The molecule has 23 heavy (non-hydrogen) atoms. The molecule has 120 valence electrons. The first kappa shape index (κ1) is 16.3. The summed E-state index contributed by atoms with van der Waals surface area (Å²) in [5.41, 5.74) is 7.64. The Bertz CT molecular complexity index is 705. The minimum absolute atomic E-state index is 0.0662. The maximum atomic E-state index is 12.8. The van der Waals surface area contributed by atoms with E-state index >= 15 is 0 Å². The van der Waals surface area contributed by atoms with E-state index in [2.05, 4.69) is 12.1 Å². The van der Waals surface area contributed by atoms with E-state index in [1.54, 1.807) is 18.2 Å². The van der Waals surface area contributed by atoms with Gasteiger partial charge in [0.2, 0.25) is 0 Å². The lowest BCUT2D eigenvalue weighted by molar-refractivity contribution is 0.0786. The number of amides is 1. The fraction of sp³-hybridized carbons (Fsp3) is 0.278. The number of nitrogens with two attached hydrogens (primary N) is 1. The van der Waals surface area contributed by atoms with Crippen molar-refractivity contribution >= 4 is 29.1 Å². The molecule has 1 amide bonds. The van der Waals surface area contributed by atoms with Crippen molar-refractivity contribution in [1.29, 1.82) is 0 Å². The van der Waals surface area contributed by atoms with Gasteiger partial charge in [0.05, 0.1) is 10.6 Å². The predicted molar refractivity (Wildman–Crippen MR) is 94.1 cm³/mol. The summed E-state index contributed by atoms with van der Waals surface area (Å²) in [5, 5.41) is 0.907. The van der Waals surface area contributed by atoms with E-state index in [0.29, 0.717) is 35.2 Å². The zero-order valence-electron chi connectivity index (χ0n) is 12.6. The van der Waals surface area contributed by atoms with E-state index in [1.807, 2.05) is 23.1 Å². The lowest BCUT2D eigenvalue weighted by Crippen LogP contribution is -2.30. The Morgan fingerprint density at radius 2 is 1.87 bits per heavy atom. The van der Waals surface area contributed by atoms with Crippen molar-refractivity contribution < 1.29 is 4.79 Å². The van der Waals surface area contributed by atoms with E-state index in [0.717, 1.165) is 0 Å². The van der Waals surface area contributed by atoms with Gasteiger partial charge in [0.1, 0.15) is 0 Å². The molecule has 2 N–H and O–H groups in total. The number of carbonyl (C=O) groups excluding carboxylic acids is 1. The fourth-order valence-electron chi connectivity index (χ4n) is 3.19. The number of hydrogen-bond acceptors (Lipinski definition) is 2. The normalized spacial score (nSPS) is 20.7. The highest BCUT2D eigenvalue weighted by atomic mass is 35.5. The standard InChI is InChI=1S/C18H18Cl2N2O/c19-14-6-7-15(17(20)8-14)18(23)22-10-13(9-21)16(11-22)12-4-2-1-3-5-12/h1-8,13,16H,9-11,21H2/t13-,16+/m1/s1. The van der Waals surface area contributed by atoms with Crippen molar-refractivity contribution in [3.8, 4) is 0 Å². The molecule has 1 fully saturated rings. The number of hydrogen-bond donors (Lipinski definition) is 1. The third kappa shape index (κ3) is 3.37. The zero-order valence-corrected chi connectivity index (χ0v) is 14.1. The SMILES string of the molecule is NC[C@@H]1CN(C(=O)c2ccc(Cl)cc2Cl)C[C@H]1c1ccccc1. The second kappa shape index (κ2) is 6.91. The monoisotopic (exact) mass is 348 g/mol. The Morgan fingerprint density at radius 1 is 1.13 bits per heavy atom. The van der Waals surface area contributed by atoms with Crippen LogP contribution in [-0.2, 0) is 0 Å². The fourth-order valence-corrected chi connectivity index (χ4v) is 3.68. The van der Waals surface area contributed by atoms with Gasteiger partial charge in [-0.1, -0.05) is 53.5 Å². The maximum absolute atomic E-state index is 12.8. The van der Waals surface area contributed by atoms with Gasteiger partial charge in [-0.05, 0) is 36.2 Å². The van der Waals surface area contributed by atoms with Crippen LogP contribution >= 0.6 is 23.2 Å². The van der Waals surface area contributed by atoms with Crippen molar-refractivity contribution in [2.75, 3.05) is 19.6 Å². The highest BCUT2D eigenvalue weighted by Gasteiger charge is 2.36. The molecule has 0 unspecified atom stereocenters. The molecule has 1 aliphatic rings. The summed E-state index contributed by atoms with van der Waals surface area (Å²) in [4.78, 5) is 14.6. The number of nitrogens with zero attached hydrogens (tertiary/aromatic N) is 1. The number of likely N-dealkylation sites (tertiary alicyclic amines) is 1. The third-order valence-corrected chi connectivity index (χ3v) is 4.97. The number of rotatable bonds is 3. The van der Waals surface area contributed by atoms with Crippen molar-refractivity contribution in [1.82, 2.24) is 4.90 Å². The second-order valence-corrected chi connectivity index (χ2v) is 6.69. The van der Waals surface area contributed by atoms with Gasteiger partial charge in [0, 0.05) is 24.0 Å². The van der Waals surface area contributed by atoms with Crippen LogP contribution in [0.5, 0.6) is 0 Å². The van der Waals surface area contributed by atoms with Crippen LogP contribution in [0.25, 0.3) is 0 Å². The Balaban J connectivity index is 1.83. The summed E-state index contributed by atoms with van der Waals surface area (Å²) >= 11 is 12.1. The molecular weight excluding hydrogens is 331 g/mol. The first-order chi connectivity index (χ1) is 11.1. The summed E-state index contributed by atoms with van der Waals surface area (Å²) in [6.07, 6.45) is 0. The Labute approximate surface area is 146 Å². The van der Waals surface area contributed by atoms with Gasteiger partial charge in [-0.3, -0.25) is 4.79 Å². The lowest BCUT2D eigenvalue weighted by atomic mass is 9.89. The van der Waals surface area contributed by atoms with Gasteiger partial charge < -0.3 is 10.6 Å². The van der Waals surface area contributed by atoms with Gasteiger partial charge in [0.25, 0.3) is 5.91 Å². The molecule has 1 aliphatic heterocycles. The van der Waals surface area contributed by atoms with Gasteiger partial charge in [0.15, 0.2) is 0 Å². The molecule has 1 saturated heterocycles. The highest BCUT2D eigenvalue weighted by molar-refractivity contribution is 6.36. The first-order valence-corrected chi connectivity index (χ1v) is 8.35. The Kier molecular flexibility index (Phi) is 4.90. The molecule has 0 bridgehead atoms. The van der Waals surface area contributed by atoms with E-state index in [9.17, 15) is 4.79 Å². The molecule has 2 atom stereocenters. The predicted octanol–water partition coefficient (Wildman–Crippen LogP) is 3.81. The largest absolute Gasteiger partial charge is 0.338 e. The van der Waals surface area contributed by atoms with Crippen LogP contribution < -0.4 is 5.73 Å². The van der Waals surface area contributed by atoms with Crippen LogP contribution in [-0.4, -0.2) is 30.4 Å². The minimum Gasteiger partial charge on any atom is -0.338 e. The van der Waals surface area contributed by atoms with E-state index in [4.69, 9.17) is 28.9 Å². The molecule has 5 heteroatoms.